The number of rotatable bonds is 5. The molecule has 0 aliphatic heterocycles. The standard InChI is InChI=1S/C12H21N3O2S/c1-4-12(3,5-2)15-9-7-6-8-10(11(9)13)18(14,16)17/h6-8,15H,4-5,13H2,1-3H3,(H2,14,16,17). The van der Waals surface area contributed by atoms with Crippen LogP contribution in [0.1, 0.15) is 33.6 Å². The van der Waals surface area contributed by atoms with Gasteiger partial charge in [0.25, 0.3) is 0 Å². The first-order valence-electron chi connectivity index (χ1n) is 5.93. The second kappa shape index (κ2) is 5.16. The van der Waals surface area contributed by atoms with Crippen LogP contribution in [-0.2, 0) is 10.0 Å². The molecule has 0 amide bonds. The first kappa shape index (κ1) is 14.8. The van der Waals surface area contributed by atoms with Crippen LogP contribution in [0.3, 0.4) is 0 Å². The number of anilines is 2. The van der Waals surface area contributed by atoms with Crippen LogP contribution in [0.2, 0.25) is 0 Å². The van der Waals surface area contributed by atoms with Gasteiger partial charge in [-0.2, -0.15) is 0 Å². The monoisotopic (exact) mass is 271 g/mol. The molecule has 0 fully saturated rings. The van der Waals surface area contributed by atoms with Crippen LogP contribution in [0.15, 0.2) is 23.1 Å². The Hall–Kier alpha value is -1.27. The Morgan fingerprint density at radius 3 is 2.28 bits per heavy atom. The van der Waals surface area contributed by atoms with E-state index in [0.717, 1.165) is 12.8 Å². The zero-order chi connectivity index (χ0) is 14.0. The van der Waals surface area contributed by atoms with Gasteiger partial charge in [-0.05, 0) is 31.9 Å². The Bertz CT molecular complexity index is 522. The zero-order valence-corrected chi connectivity index (χ0v) is 11.8. The van der Waals surface area contributed by atoms with E-state index in [0.29, 0.717) is 5.69 Å². The maximum absolute atomic E-state index is 11.4. The highest BCUT2D eigenvalue weighted by Crippen LogP contribution is 2.30. The summed E-state index contributed by atoms with van der Waals surface area (Å²) in [5, 5.41) is 8.41. The van der Waals surface area contributed by atoms with Crippen molar-refractivity contribution in [3.05, 3.63) is 18.2 Å². The van der Waals surface area contributed by atoms with Crippen LogP contribution in [0.25, 0.3) is 0 Å². The molecule has 5 N–H and O–H groups in total. The molecule has 0 spiro atoms. The lowest BCUT2D eigenvalue weighted by Gasteiger charge is -2.30. The number of nitrogen functional groups attached to an aromatic ring is 1. The molecule has 1 aromatic rings. The number of sulfonamides is 1. The van der Waals surface area contributed by atoms with Crippen molar-refractivity contribution in [1.29, 1.82) is 0 Å². The molecule has 6 heteroatoms. The quantitative estimate of drug-likeness (QED) is 0.712. The van der Waals surface area contributed by atoms with E-state index in [4.69, 9.17) is 10.9 Å². The van der Waals surface area contributed by atoms with Crippen molar-refractivity contribution in [2.75, 3.05) is 11.1 Å². The van der Waals surface area contributed by atoms with Gasteiger partial charge in [-0.1, -0.05) is 19.9 Å². The number of benzene rings is 1. The summed E-state index contributed by atoms with van der Waals surface area (Å²) in [5.74, 6) is 0. The lowest BCUT2D eigenvalue weighted by molar-refractivity contribution is 0.478. The first-order chi connectivity index (χ1) is 8.23. The van der Waals surface area contributed by atoms with E-state index >= 15 is 0 Å². The normalized spacial score (nSPS) is 12.4. The predicted octanol–water partition coefficient (Wildman–Crippen LogP) is 1.91. The molecule has 0 aliphatic rings. The SMILES string of the molecule is CCC(C)(CC)Nc1cccc(S(N)(=O)=O)c1N. The van der Waals surface area contributed by atoms with Crippen LogP contribution < -0.4 is 16.2 Å². The molecule has 102 valence electrons. The summed E-state index contributed by atoms with van der Waals surface area (Å²) >= 11 is 0. The third-order valence-electron chi connectivity index (χ3n) is 3.37. The Labute approximate surface area is 109 Å². The maximum atomic E-state index is 11.4. The van der Waals surface area contributed by atoms with Crippen LogP contribution in [0, 0.1) is 0 Å². The molecule has 0 heterocycles. The van der Waals surface area contributed by atoms with Crippen LogP contribution >= 0.6 is 0 Å². The Balaban J connectivity index is 3.21. The molecule has 0 saturated heterocycles. The molecule has 0 aliphatic carbocycles. The highest BCUT2D eigenvalue weighted by atomic mass is 32.2. The molecule has 1 aromatic carbocycles. The molecule has 18 heavy (non-hydrogen) atoms. The van der Waals surface area contributed by atoms with Gasteiger partial charge in [-0.3, -0.25) is 0 Å². The summed E-state index contributed by atoms with van der Waals surface area (Å²) in [6.45, 7) is 6.20. The third kappa shape index (κ3) is 3.14. The largest absolute Gasteiger partial charge is 0.396 e. The number of nitrogens with two attached hydrogens (primary N) is 2. The minimum Gasteiger partial charge on any atom is -0.396 e. The fourth-order valence-electron chi connectivity index (χ4n) is 1.65. The summed E-state index contributed by atoms with van der Waals surface area (Å²) in [7, 11) is -3.79. The number of nitrogens with one attached hydrogen (secondary N) is 1. The fraction of sp³-hybridized carbons (Fsp3) is 0.500. The smallest absolute Gasteiger partial charge is 0.240 e. The lowest BCUT2D eigenvalue weighted by Crippen LogP contribution is -2.33. The second-order valence-corrected chi connectivity index (χ2v) is 6.19. The third-order valence-corrected chi connectivity index (χ3v) is 4.34. The minimum absolute atomic E-state index is 0.0398. The summed E-state index contributed by atoms with van der Waals surface area (Å²) in [5.41, 5.74) is 6.52. The van der Waals surface area contributed by atoms with Crippen molar-refractivity contribution >= 4 is 21.4 Å². The van der Waals surface area contributed by atoms with Gasteiger partial charge >= 0.3 is 0 Å². The van der Waals surface area contributed by atoms with E-state index < -0.39 is 10.0 Å². The molecule has 0 saturated carbocycles. The number of hydrogen-bond donors (Lipinski definition) is 3. The average Bonchev–Trinajstić information content (AvgIpc) is 2.30. The fourth-order valence-corrected chi connectivity index (χ4v) is 2.34. The van der Waals surface area contributed by atoms with Gasteiger partial charge in [0.15, 0.2) is 0 Å². The van der Waals surface area contributed by atoms with E-state index in [2.05, 4.69) is 26.1 Å². The van der Waals surface area contributed by atoms with Gasteiger partial charge < -0.3 is 11.1 Å². The maximum Gasteiger partial charge on any atom is 0.240 e. The highest BCUT2D eigenvalue weighted by molar-refractivity contribution is 7.89. The van der Waals surface area contributed by atoms with Crippen molar-refractivity contribution in [2.24, 2.45) is 5.14 Å². The van der Waals surface area contributed by atoms with Crippen LogP contribution in [0.4, 0.5) is 11.4 Å². The van der Waals surface area contributed by atoms with Gasteiger partial charge in [0.1, 0.15) is 4.90 Å². The number of hydrogen-bond acceptors (Lipinski definition) is 4. The van der Waals surface area contributed by atoms with Crippen molar-refractivity contribution in [1.82, 2.24) is 0 Å². The topological polar surface area (TPSA) is 98.2 Å². The Morgan fingerprint density at radius 2 is 1.83 bits per heavy atom. The summed E-state index contributed by atoms with van der Waals surface area (Å²) < 4.78 is 22.8. The minimum atomic E-state index is -3.79. The molecule has 0 aromatic heterocycles. The van der Waals surface area contributed by atoms with E-state index in [1.165, 1.54) is 6.07 Å². The van der Waals surface area contributed by atoms with Crippen LogP contribution in [0.5, 0.6) is 0 Å². The molecule has 0 radical (unpaired) electrons. The van der Waals surface area contributed by atoms with E-state index in [1.807, 2.05) is 0 Å². The number of para-hydroxylation sites is 1. The first-order valence-corrected chi connectivity index (χ1v) is 7.47. The van der Waals surface area contributed by atoms with Crippen molar-refractivity contribution in [2.45, 2.75) is 44.0 Å². The Kier molecular flexibility index (Phi) is 4.24. The van der Waals surface area contributed by atoms with Gasteiger partial charge in [0.05, 0.1) is 11.4 Å². The Morgan fingerprint density at radius 1 is 1.28 bits per heavy atom. The zero-order valence-electron chi connectivity index (χ0n) is 11.0. The predicted molar refractivity (Wildman–Crippen MR) is 74.8 cm³/mol. The van der Waals surface area contributed by atoms with Crippen LogP contribution in [-0.4, -0.2) is 14.0 Å². The molecule has 5 nitrogen and oxygen atoms in total. The number of primary sulfonamides is 1. The lowest BCUT2D eigenvalue weighted by atomic mass is 9.95. The van der Waals surface area contributed by atoms with Crippen molar-refractivity contribution in [3.63, 3.8) is 0 Å². The molecule has 0 atom stereocenters. The van der Waals surface area contributed by atoms with Crippen molar-refractivity contribution < 1.29 is 8.42 Å². The van der Waals surface area contributed by atoms with E-state index in [1.54, 1.807) is 12.1 Å². The van der Waals surface area contributed by atoms with E-state index in [9.17, 15) is 8.42 Å². The van der Waals surface area contributed by atoms with Gasteiger partial charge in [-0.25, -0.2) is 13.6 Å². The molecule has 0 bridgehead atoms. The highest BCUT2D eigenvalue weighted by Gasteiger charge is 2.22. The summed E-state index contributed by atoms with van der Waals surface area (Å²) in [4.78, 5) is -0.0398. The summed E-state index contributed by atoms with van der Waals surface area (Å²) in [6.07, 6.45) is 1.81. The van der Waals surface area contributed by atoms with Crippen molar-refractivity contribution in [3.8, 4) is 0 Å². The molecule has 0 unspecified atom stereocenters. The summed E-state index contributed by atoms with van der Waals surface area (Å²) in [6, 6.07) is 4.79. The molecular formula is C12H21N3O2S. The van der Waals surface area contributed by atoms with Gasteiger partial charge in [-0.15, -0.1) is 0 Å². The molecular weight excluding hydrogens is 250 g/mol. The second-order valence-electron chi connectivity index (χ2n) is 4.66. The average molecular weight is 271 g/mol. The molecule has 1 rings (SSSR count). The van der Waals surface area contributed by atoms with E-state index in [-0.39, 0.29) is 16.1 Å². The van der Waals surface area contributed by atoms with Gasteiger partial charge in [0, 0.05) is 5.54 Å². The van der Waals surface area contributed by atoms with Gasteiger partial charge in [0.2, 0.25) is 10.0 Å².